The Morgan fingerprint density at radius 1 is 0.793 bits per heavy atom. The summed E-state index contributed by atoms with van der Waals surface area (Å²) in [7, 11) is 0. The maximum atomic E-state index is 12.2. The molecule has 0 aliphatic carbocycles. The van der Waals surface area contributed by atoms with Gasteiger partial charge in [0.15, 0.2) is 0 Å². The van der Waals surface area contributed by atoms with Gasteiger partial charge in [0.05, 0.1) is 4.88 Å². The molecular formula is C20H17N3O5S. The standard InChI is InChI=1S/C18H15N3OS.C2H2O4/c19-17(16-10-5-11-23-16)20-14-8-4-9-15(12-14)21-18(22)13-6-2-1-3-7-13;3-1(4)2(5)6/h1-12H,(H2,19,20)(H,21,22);(H,3,4)(H,5,6). The van der Waals surface area contributed by atoms with E-state index in [0.29, 0.717) is 17.1 Å². The van der Waals surface area contributed by atoms with Crippen molar-refractivity contribution in [2.24, 2.45) is 0 Å². The number of hydrogen-bond acceptors (Lipinski definition) is 5. The molecule has 0 saturated carbocycles. The monoisotopic (exact) mass is 411 g/mol. The van der Waals surface area contributed by atoms with Crippen LogP contribution in [0, 0.1) is 5.41 Å². The van der Waals surface area contributed by atoms with E-state index < -0.39 is 11.9 Å². The van der Waals surface area contributed by atoms with Gasteiger partial charge in [-0.05, 0) is 41.8 Å². The first-order chi connectivity index (χ1) is 13.9. The lowest BCUT2D eigenvalue weighted by Crippen LogP contribution is -2.13. The topological polar surface area (TPSA) is 140 Å². The third-order valence-electron chi connectivity index (χ3n) is 3.38. The summed E-state index contributed by atoms with van der Waals surface area (Å²) in [5, 5.41) is 30.7. The Balaban J connectivity index is 0.000000438. The number of amides is 1. The van der Waals surface area contributed by atoms with E-state index in [4.69, 9.17) is 25.2 Å². The molecule has 3 rings (SSSR count). The maximum Gasteiger partial charge on any atom is 0.414 e. The third-order valence-corrected chi connectivity index (χ3v) is 4.26. The Bertz CT molecular complexity index is 992. The predicted octanol–water partition coefficient (Wildman–Crippen LogP) is 3.59. The molecule has 0 bridgehead atoms. The zero-order valence-corrected chi connectivity index (χ0v) is 15.8. The summed E-state index contributed by atoms with van der Waals surface area (Å²) < 4.78 is 0. The second-order valence-corrected chi connectivity index (χ2v) is 6.44. The highest BCUT2D eigenvalue weighted by molar-refractivity contribution is 7.12. The molecule has 0 fully saturated rings. The average Bonchev–Trinajstić information content (AvgIpc) is 3.24. The van der Waals surface area contributed by atoms with Crippen molar-refractivity contribution in [3.05, 3.63) is 82.6 Å². The molecule has 1 amide bonds. The number of anilines is 2. The molecule has 5 N–H and O–H groups in total. The zero-order chi connectivity index (χ0) is 21.2. The molecule has 0 atom stereocenters. The molecule has 8 nitrogen and oxygen atoms in total. The first-order valence-electron chi connectivity index (χ1n) is 8.19. The van der Waals surface area contributed by atoms with E-state index in [1.807, 2.05) is 60.0 Å². The van der Waals surface area contributed by atoms with Gasteiger partial charge in [0.1, 0.15) is 5.84 Å². The van der Waals surface area contributed by atoms with Gasteiger partial charge in [0.25, 0.3) is 5.91 Å². The minimum atomic E-state index is -1.82. The van der Waals surface area contributed by atoms with Crippen LogP contribution in [0.2, 0.25) is 0 Å². The zero-order valence-electron chi connectivity index (χ0n) is 15.0. The summed E-state index contributed by atoms with van der Waals surface area (Å²) in [4.78, 5) is 31.2. The van der Waals surface area contributed by atoms with Crippen LogP contribution in [0.4, 0.5) is 11.4 Å². The van der Waals surface area contributed by atoms with Crippen molar-refractivity contribution in [1.82, 2.24) is 0 Å². The highest BCUT2D eigenvalue weighted by Gasteiger charge is 2.07. The summed E-state index contributed by atoms with van der Waals surface area (Å²) in [6, 6.07) is 20.2. The maximum absolute atomic E-state index is 12.2. The number of carboxylic acids is 2. The Morgan fingerprint density at radius 3 is 1.97 bits per heavy atom. The number of carbonyl (C=O) groups is 3. The molecular weight excluding hydrogens is 394 g/mol. The van der Waals surface area contributed by atoms with Crippen LogP contribution in [0.3, 0.4) is 0 Å². The van der Waals surface area contributed by atoms with E-state index in [-0.39, 0.29) is 5.91 Å². The molecule has 1 heterocycles. The fourth-order valence-electron chi connectivity index (χ4n) is 2.09. The van der Waals surface area contributed by atoms with E-state index in [9.17, 15) is 4.79 Å². The summed E-state index contributed by atoms with van der Waals surface area (Å²) in [5.74, 6) is -3.47. The molecule has 0 radical (unpaired) electrons. The van der Waals surface area contributed by atoms with Crippen molar-refractivity contribution in [3.8, 4) is 0 Å². The van der Waals surface area contributed by atoms with Crippen molar-refractivity contribution in [3.63, 3.8) is 0 Å². The van der Waals surface area contributed by atoms with Gasteiger partial charge in [-0.15, -0.1) is 11.3 Å². The second-order valence-electron chi connectivity index (χ2n) is 5.49. The highest BCUT2D eigenvalue weighted by atomic mass is 32.1. The van der Waals surface area contributed by atoms with Crippen LogP contribution in [-0.4, -0.2) is 33.9 Å². The molecule has 29 heavy (non-hydrogen) atoms. The number of benzene rings is 2. The van der Waals surface area contributed by atoms with Gasteiger partial charge >= 0.3 is 11.9 Å². The number of carboxylic acid groups (broad SMARTS) is 2. The summed E-state index contributed by atoms with van der Waals surface area (Å²) in [6.07, 6.45) is 0. The van der Waals surface area contributed by atoms with Gasteiger partial charge in [-0.25, -0.2) is 9.59 Å². The molecule has 0 unspecified atom stereocenters. The molecule has 9 heteroatoms. The van der Waals surface area contributed by atoms with Gasteiger partial charge < -0.3 is 20.8 Å². The summed E-state index contributed by atoms with van der Waals surface area (Å²) >= 11 is 1.51. The third kappa shape index (κ3) is 6.92. The predicted molar refractivity (Wildman–Crippen MR) is 111 cm³/mol. The average molecular weight is 411 g/mol. The number of carbonyl (C=O) groups excluding carboxylic acids is 1. The number of rotatable bonds is 4. The van der Waals surface area contributed by atoms with E-state index in [1.54, 1.807) is 12.1 Å². The highest BCUT2D eigenvalue weighted by Crippen LogP contribution is 2.18. The van der Waals surface area contributed by atoms with E-state index in [0.717, 1.165) is 10.6 Å². The van der Waals surface area contributed by atoms with Crippen LogP contribution in [0.5, 0.6) is 0 Å². The Hall–Kier alpha value is -3.98. The van der Waals surface area contributed by atoms with E-state index in [2.05, 4.69) is 10.6 Å². The van der Waals surface area contributed by atoms with Crippen molar-refractivity contribution in [2.45, 2.75) is 0 Å². The number of thiophene rings is 1. The second kappa shape index (κ2) is 10.4. The molecule has 148 valence electrons. The fourth-order valence-corrected chi connectivity index (χ4v) is 2.72. The molecule has 0 aliphatic heterocycles. The van der Waals surface area contributed by atoms with Gasteiger partial charge in [0.2, 0.25) is 0 Å². The largest absolute Gasteiger partial charge is 0.473 e. The van der Waals surface area contributed by atoms with Gasteiger partial charge in [0, 0.05) is 16.9 Å². The van der Waals surface area contributed by atoms with Gasteiger partial charge in [-0.2, -0.15) is 0 Å². The van der Waals surface area contributed by atoms with Crippen molar-refractivity contribution in [1.29, 1.82) is 5.41 Å². The number of nitrogens with one attached hydrogen (secondary N) is 3. The summed E-state index contributed by atoms with van der Waals surface area (Å²) in [5.41, 5.74) is 2.05. The fraction of sp³-hybridized carbons (Fsp3) is 0. The molecule has 1 aromatic heterocycles. The first-order valence-corrected chi connectivity index (χ1v) is 9.07. The SMILES string of the molecule is N=C(Nc1cccc(NC(=O)c2ccccc2)c1)c1cccs1.O=C(O)C(=O)O. The molecule has 0 spiro atoms. The van der Waals surface area contributed by atoms with Crippen molar-refractivity contribution < 1.29 is 24.6 Å². The van der Waals surface area contributed by atoms with Crippen molar-refractivity contribution in [2.75, 3.05) is 10.6 Å². The minimum absolute atomic E-state index is 0.156. The van der Waals surface area contributed by atoms with Gasteiger partial charge in [-0.3, -0.25) is 10.2 Å². The van der Waals surface area contributed by atoms with Crippen LogP contribution in [0.1, 0.15) is 15.2 Å². The Kier molecular flexibility index (Phi) is 7.63. The molecule has 3 aromatic rings. The van der Waals surface area contributed by atoms with E-state index >= 15 is 0 Å². The van der Waals surface area contributed by atoms with Crippen LogP contribution >= 0.6 is 11.3 Å². The van der Waals surface area contributed by atoms with Crippen molar-refractivity contribution >= 4 is 46.4 Å². The van der Waals surface area contributed by atoms with Crippen LogP contribution < -0.4 is 10.6 Å². The number of hydrogen-bond donors (Lipinski definition) is 5. The van der Waals surface area contributed by atoms with Crippen LogP contribution in [-0.2, 0) is 9.59 Å². The Labute approximate surface area is 170 Å². The number of aliphatic carboxylic acids is 2. The minimum Gasteiger partial charge on any atom is -0.473 e. The first kappa shape index (κ1) is 21.3. The van der Waals surface area contributed by atoms with E-state index in [1.165, 1.54) is 11.3 Å². The smallest absolute Gasteiger partial charge is 0.414 e. The normalized spacial score (nSPS) is 9.52. The molecule has 0 saturated heterocycles. The number of amidine groups is 1. The lowest BCUT2D eigenvalue weighted by Gasteiger charge is -2.09. The van der Waals surface area contributed by atoms with Crippen LogP contribution in [0.25, 0.3) is 0 Å². The Morgan fingerprint density at radius 2 is 1.41 bits per heavy atom. The quantitative estimate of drug-likeness (QED) is 0.252. The lowest BCUT2D eigenvalue weighted by atomic mass is 10.2. The molecule has 2 aromatic carbocycles. The van der Waals surface area contributed by atoms with Gasteiger partial charge in [-0.1, -0.05) is 30.3 Å². The lowest BCUT2D eigenvalue weighted by molar-refractivity contribution is -0.159. The molecule has 0 aliphatic rings. The van der Waals surface area contributed by atoms with Crippen LogP contribution in [0.15, 0.2) is 72.1 Å². The summed E-state index contributed by atoms with van der Waals surface area (Å²) in [6.45, 7) is 0.